The van der Waals surface area contributed by atoms with E-state index < -0.39 is 30.6 Å². The van der Waals surface area contributed by atoms with Gasteiger partial charge in [-0.05, 0) is 55.1 Å². The minimum Gasteiger partial charge on any atom is -0.497 e. The average molecular weight is 431 g/mol. The fourth-order valence-corrected chi connectivity index (χ4v) is 5.55. The van der Waals surface area contributed by atoms with Gasteiger partial charge in [0.15, 0.2) is 23.7 Å². The van der Waals surface area contributed by atoms with Crippen molar-refractivity contribution in [3.05, 3.63) is 35.1 Å². The molecule has 1 fully saturated rings. The molecule has 4 atom stereocenters. The van der Waals surface area contributed by atoms with Crippen molar-refractivity contribution in [3.8, 4) is 11.5 Å². The first kappa shape index (κ1) is 20.1. The van der Waals surface area contributed by atoms with Crippen LogP contribution in [0.1, 0.15) is 36.3 Å². The van der Waals surface area contributed by atoms with E-state index in [1.807, 2.05) is 18.2 Å². The van der Waals surface area contributed by atoms with Crippen LogP contribution in [0.25, 0.3) is 0 Å². The molecule has 0 aromatic heterocycles. The molecular formula is C22H25NO8. The van der Waals surface area contributed by atoms with Crippen molar-refractivity contribution in [2.75, 3.05) is 27.0 Å². The lowest BCUT2D eigenvalue weighted by molar-refractivity contribution is -0.164. The molecular weight excluding hydrogens is 406 g/mol. The van der Waals surface area contributed by atoms with Crippen molar-refractivity contribution >= 4 is 11.9 Å². The Morgan fingerprint density at radius 1 is 1.29 bits per heavy atom. The van der Waals surface area contributed by atoms with Gasteiger partial charge >= 0.3 is 11.9 Å². The molecule has 1 spiro atoms. The number of carboxylic acids is 1. The van der Waals surface area contributed by atoms with Gasteiger partial charge < -0.3 is 29.2 Å². The topological polar surface area (TPSA) is 115 Å². The van der Waals surface area contributed by atoms with Crippen molar-refractivity contribution in [1.82, 2.24) is 4.90 Å². The molecule has 2 N–H and O–H groups in total. The highest BCUT2D eigenvalue weighted by atomic mass is 16.7. The van der Waals surface area contributed by atoms with Crippen LogP contribution in [-0.4, -0.2) is 71.8 Å². The summed E-state index contributed by atoms with van der Waals surface area (Å²) in [5, 5.41) is 18.9. The van der Waals surface area contributed by atoms with Crippen LogP contribution in [0.5, 0.6) is 11.5 Å². The van der Waals surface area contributed by atoms with Crippen LogP contribution in [-0.2, 0) is 25.5 Å². The predicted molar refractivity (Wildman–Crippen MR) is 106 cm³/mol. The number of aliphatic hydroxyl groups excluding tert-OH is 1. The Labute approximate surface area is 179 Å². The number of hydrogen-bond acceptors (Lipinski definition) is 8. The highest BCUT2D eigenvalue weighted by Crippen LogP contribution is 2.55. The lowest BCUT2D eigenvalue weighted by Crippen LogP contribution is -2.47. The largest absolute Gasteiger partial charge is 0.497 e. The highest BCUT2D eigenvalue weighted by molar-refractivity contribution is 5.81. The van der Waals surface area contributed by atoms with E-state index in [-0.39, 0.29) is 18.2 Å². The molecule has 9 nitrogen and oxygen atoms in total. The fraction of sp³-hybridized carbons (Fsp3) is 0.545. The minimum atomic E-state index is -1.74. The number of carboxylic acid groups (broad SMARTS) is 1. The van der Waals surface area contributed by atoms with Crippen molar-refractivity contribution in [2.24, 2.45) is 0 Å². The first-order chi connectivity index (χ1) is 14.9. The van der Waals surface area contributed by atoms with Gasteiger partial charge in [-0.15, -0.1) is 0 Å². The van der Waals surface area contributed by atoms with Crippen LogP contribution in [0.4, 0.5) is 0 Å². The number of hydrogen-bond donors (Lipinski definition) is 2. The number of ether oxygens (including phenoxy) is 4. The lowest BCUT2D eigenvalue weighted by atomic mass is 9.77. The number of methoxy groups -OCH3 is 1. The average Bonchev–Trinajstić information content (AvgIpc) is 3.41. The second-order valence-corrected chi connectivity index (χ2v) is 8.44. The Balaban J connectivity index is 1.57. The summed E-state index contributed by atoms with van der Waals surface area (Å²) in [5.41, 5.74) is 1.72. The third-order valence-corrected chi connectivity index (χ3v) is 6.85. The molecule has 3 aliphatic heterocycles. The van der Waals surface area contributed by atoms with E-state index >= 15 is 0 Å². The number of carbonyl (C=O) groups excluding carboxylic acids is 1. The van der Waals surface area contributed by atoms with Gasteiger partial charge in [0, 0.05) is 6.54 Å². The van der Waals surface area contributed by atoms with E-state index in [9.17, 15) is 14.7 Å². The molecule has 1 saturated heterocycles. The summed E-state index contributed by atoms with van der Waals surface area (Å²) in [6.45, 7) is 1.94. The van der Waals surface area contributed by atoms with Crippen molar-refractivity contribution in [3.63, 3.8) is 0 Å². The smallest absolute Gasteiger partial charge is 0.336 e. The molecule has 0 bridgehead atoms. The van der Waals surface area contributed by atoms with Crippen molar-refractivity contribution in [1.29, 1.82) is 0 Å². The number of esters is 1. The zero-order valence-corrected chi connectivity index (χ0v) is 17.2. The Kier molecular flexibility index (Phi) is 4.82. The van der Waals surface area contributed by atoms with Gasteiger partial charge in [0.2, 0.25) is 6.79 Å². The summed E-state index contributed by atoms with van der Waals surface area (Å²) in [7, 11) is 1.53. The van der Waals surface area contributed by atoms with Crippen molar-refractivity contribution in [2.45, 2.75) is 49.3 Å². The van der Waals surface area contributed by atoms with Crippen LogP contribution in [0.15, 0.2) is 24.0 Å². The van der Waals surface area contributed by atoms with E-state index in [1.54, 1.807) is 0 Å². The molecule has 1 aromatic rings. The molecule has 166 valence electrons. The van der Waals surface area contributed by atoms with Gasteiger partial charge in [-0.25, -0.2) is 4.79 Å². The van der Waals surface area contributed by atoms with Crippen LogP contribution in [0, 0.1) is 0 Å². The highest BCUT2D eigenvalue weighted by Gasteiger charge is 2.58. The van der Waals surface area contributed by atoms with Gasteiger partial charge in [-0.3, -0.25) is 9.69 Å². The number of rotatable bonds is 5. The van der Waals surface area contributed by atoms with Gasteiger partial charge in [-0.2, -0.15) is 0 Å². The third-order valence-electron chi connectivity index (χ3n) is 6.85. The molecule has 0 saturated carbocycles. The second-order valence-electron chi connectivity index (χ2n) is 8.44. The summed E-state index contributed by atoms with van der Waals surface area (Å²) >= 11 is 0. The maximum Gasteiger partial charge on any atom is 0.336 e. The normalized spacial score (nSPS) is 29.3. The molecule has 9 heteroatoms. The van der Waals surface area contributed by atoms with E-state index in [2.05, 4.69) is 4.90 Å². The van der Waals surface area contributed by atoms with Gasteiger partial charge in [0.05, 0.1) is 25.0 Å². The predicted octanol–water partition coefficient (Wildman–Crippen LogP) is 1.18. The second kappa shape index (κ2) is 7.42. The Morgan fingerprint density at radius 2 is 2.06 bits per heavy atom. The minimum absolute atomic E-state index is 0.168. The summed E-state index contributed by atoms with van der Waals surface area (Å²) in [6.07, 6.45) is 1.52. The number of nitrogens with zero attached hydrogens (tertiary/aromatic N) is 1. The lowest BCUT2D eigenvalue weighted by Gasteiger charge is -2.39. The number of aliphatic carboxylic acids is 1. The van der Waals surface area contributed by atoms with E-state index in [4.69, 9.17) is 24.1 Å². The first-order valence-electron chi connectivity index (χ1n) is 10.5. The van der Waals surface area contributed by atoms with Crippen LogP contribution in [0.2, 0.25) is 0 Å². The summed E-state index contributed by atoms with van der Waals surface area (Å²) in [4.78, 5) is 25.9. The number of benzene rings is 1. The summed E-state index contributed by atoms with van der Waals surface area (Å²) in [5.74, 6) is -0.635. The van der Waals surface area contributed by atoms with Gasteiger partial charge in [-0.1, -0.05) is 0 Å². The van der Waals surface area contributed by atoms with E-state index in [0.717, 1.165) is 43.5 Å². The third kappa shape index (κ3) is 3.14. The number of aliphatic hydroxyl groups is 1. The molecule has 0 amide bonds. The molecule has 1 aliphatic carbocycles. The Morgan fingerprint density at radius 3 is 2.81 bits per heavy atom. The first-order valence-corrected chi connectivity index (χ1v) is 10.5. The van der Waals surface area contributed by atoms with E-state index in [0.29, 0.717) is 17.3 Å². The Hall–Kier alpha value is -2.78. The maximum absolute atomic E-state index is 12.6. The zero-order valence-electron chi connectivity index (χ0n) is 17.2. The number of fused-ring (bicyclic) bond motifs is 3. The summed E-state index contributed by atoms with van der Waals surface area (Å²) < 4.78 is 22.6. The standard InChI is InChI=1S/C22H25NO8/c1-28-17-10-22-4-2-5-23(22)6-3-12-7-15-16(30-11-29-15)8-13(12)19(22)20(17)31-21(27)14(24)9-18(25)26/h7-8,10,14,19-20,24H,2-6,9,11H2,1H3,(H,25,26)/t14-,19-,20?,22?/m1/s1. The van der Waals surface area contributed by atoms with Gasteiger partial charge in [0.1, 0.15) is 5.76 Å². The number of carbonyl (C=O) groups is 2. The molecule has 31 heavy (non-hydrogen) atoms. The van der Waals surface area contributed by atoms with Crippen LogP contribution in [0.3, 0.4) is 0 Å². The Bertz CT molecular complexity index is 959. The molecule has 0 radical (unpaired) electrons. The molecule has 5 rings (SSSR count). The molecule has 4 aliphatic rings. The SMILES string of the molecule is COC1=CC23CCCN2CCc2cc4c(cc2[C@@H]3C1OC(=O)[C@H](O)CC(=O)O)OCO4. The summed E-state index contributed by atoms with van der Waals surface area (Å²) in [6, 6.07) is 3.96. The van der Waals surface area contributed by atoms with Crippen molar-refractivity contribution < 1.29 is 38.7 Å². The fourth-order valence-electron chi connectivity index (χ4n) is 5.55. The monoisotopic (exact) mass is 431 g/mol. The maximum atomic E-state index is 12.6. The molecule has 2 unspecified atom stereocenters. The molecule has 3 heterocycles. The zero-order chi connectivity index (χ0) is 21.8. The molecule has 1 aromatic carbocycles. The van der Waals surface area contributed by atoms with Crippen LogP contribution >= 0.6 is 0 Å². The quantitative estimate of drug-likeness (QED) is 0.663. The van der Waals surface area contributed by atoms with E-state index in [1.165, 1.54) is 7.11 Å². The van der Waals surface area contributed by atoms with Crippen LogP contribution < -0.4 is 9.47 Å². The van der Waals surface area contributed by atoms with Gasteiger partial charge in [0.25, 0.3) is 0 Å².